The Morgan fingerprint density at radius 2 is 2.00 bits per heavy atom. The van der Waals surface area contributed by atoms with Gasteiger partial charge >= 0.3 is 0 Å². The Bertz CT molecular complexity index is 914. The Balaban J connectivity index is 0.00000196. The number of aromatic nitrogens is 3. The van der Waals surface area contributed by atoms with E-state index in [2.05, 4.69) is 39.5 Å². The van der Waals surface area contributed by atoms with Crippen molar-refractivity contribution in [1.82, 2.24) is 19.4 Å². The standard InChI is InChI=1S/C20H24N4O.CH4/c1-13-8-16-17-11-23(3)7-6-18(17)24(20(16)22-9-13)12-19(25)15-5-4-14(2)21-10-15;/h4-5,8-10,19,25H,6-7,11-12H2,1-3H3;1H4. The molecule has 1 unspecified atom stereocenters. The van der Waals surface area contributed by atoms with Crippen molar-refractivity contribution >= 4 is 11.0 Å². The third-order valence-corrected chi connectivity index (χ3v) is 5.09. The fourth-order valence-electron chi connectivity index (χ4n) is 3.70. The lowest BCUT2D eigenvalue weighted by molar-refractivity contribution is 0.155. The van der Waals surface area contributed by atoms with Gasteiger partial charge in [0.15, 0.2) is 0 Å². The van der Waals surface area contributed by atoms with E-state index in [1.54, 1.807) is 6.20 Å². The van der Waals surface area contributed by atoms with E-state index < -0.39 is 6.10 Å². The number of pyridine rings is 2. The summed E-state index contributed by atoms with van der Waals surface area (Å²) in [6.45, 7) is 6.51. The summed E-state index contributed by atoms with van der Waals surface area (Å²) in [6.07, 6.45) is 4.08. The smallest absolute Gasteiger partial charge is 0.140 e. The van der Waals surface area contributed by atoms with Crippen LogP contribution in [0.4, 0.5) is 0 Å². The summed E-state index contributed by atoms with van der Waals surface area (Å²) in [5.41, 5.74) is 6.62. The van der Waals surface area contributed by atoms with Gasteiger partial charge < -0.3 is 14.6 Å². The molecule has 0 amide bonds. The Hall–Kier alpha value is -2.24. The average Bonchev–Trinajstić information content (AvgIpc) is 2.88. The molecule has 26 heavy (non-hydrogen) atoms. The van der Waals surface area contributed by atoms with Crippen LogP contribution < -0.4 is 0 Å². The minimum Gasteiger partial charge on any atom is -0.386 e. The third kappa shape index (κ3) is 3.24. The van der Waals surface area contributed by atoms with E-state index in [9.17, 15) is 5.11 Å². The normalized spacial score (nSPS) is 15.5. The molecule has 0 spiro atoms. The summed E-state index contributed by atoms with van der Waals surface area (Å²) in [6, 6.07) is 6.12. The Morgan fingerprint density at radius 1 is 1.19 bits per heavy atom. The third-order valence-electron chi connectivity index (χ3n) is 5.09. The molecule has 1 aliphatic heterocycles. The number of aliphatic hydroxyl groups excluding tert-OH is 1. The van der Waals surface area contributed by atoms with Crippen molar-refractivity contribution in [2.24, 2.45) is 0 Å². The number of rotatable bonds is 3. The number of fused-ring (bicyclic) bond motifs is 3. The monoisotopic (exact) mass is 352 g/mol. The molecule has 1 N–H and O–H groups in total. The topological polar surface area (TPSA) is 54.2 Å². The van der Waals surface area contributed by atoms with Crippen LogP contribution in [0.2, 0.25) is 0 Å². The number of hydrogen-bond donors (Lipinski definition) is 1. The van der Waals surface area contributed by atoms with Gasteiger partial charge in [-0.2, -0.15) is 0 Å². The van der Waals surface area contributed by atoms with Gasteiger partial charge in [0.2, 0.25) is 0 Å². The second kappa shape index (κ2) is 7.17. The number of aryl methyl sites for hydroxylation is 2. The lowest BCUT2D eigenvalue weighted by atomic mass is 10.0. The zero-order valence-electron chi connectivity index (χ0n) is 15.0. The summed E-state index contributed by atoms with van der Waals surface area (Å²) in [7, 11) is 2.15. The fourth-order valence-corrected chi connectivity index (χ4v) is 3.70. The summed E-state index contributed by atoms with van der Waals surface area (Å²) >= 11 is 0. The minimum absolute atomic E-state index is 0. The quantitative estimate of drug-likeness (QED) is 0.785. The second-order valence-electron chi connectivity index (χ2n) is 7.16. The highest BCUT2D eigenvalue weighted by Gasteiger charge is 2.24. The van der Waals surface area contributed by atoms with Crippen LogP contribution in [0, 0.1) is 13.8 Å². The Morgan fingerprint density at radius 3 is 2.73 bits per heavy atom. The average molecular weight is 352 g/mol. The van der Waals surface area contributed by atoms with Crippen LogP contribution in [0.5, 0.6) is 0 Å². The molecule has 3 aromatic rings. The molecule has 0 saturated carbocycles. The first-order chi connectivity index (χ1) is 12.0. The van der Waals surface area contributed by atoms with Gasteiger partial charge in [-0.1, -0.05) is 13.5 Å². The van der Waals surface area contributed by atoms with Crippen molar-refractivity contribution in [2.45, 2.75) is 46.9 Å². The zero-order valence-corrected chi connectivity index (χ0v) is 15.0. The minimum atomic E-state index is -0.587. The molecule has 3 aromatic heterocycles. The molecule has 4 rings (SSSR count). The van der Waals surface area contributed by atoms with Gasteiger partial charge in [-0.15, -0.1) is 0 Å². The van der Waals surface area contributed by atoms with E-state index >= 15 is 0 Å². The lowest BCUT2D eigenvalue weighted by Crippen LogP contribution is -2.27. The molecule has 5 heteroatoms. The van der Waals surface area contributed by atoms with E-state index in [0.717, 1.165) is 36.4 Å². The first-order valence-corrected chi connectivity index (χ1v) is 8.78. The molecule has 138 valence electrons. The van der Waals surface area contributed by atoms with Crippen LogP contribution in [0.1, 0.15) is 41.6 Å². The van der Waals surface area contributed by atoms with Crippen LogP contribution in [-0.4, -0.2) is 38.1 Å². The highest BCUT2D eigenvalue weighted by molar-refractivity contribution is 5.83. The molecule has 1 atom stereocenters. The summed E-state index contributed by atoms with van der Waals surface area (Å²) in [5, 5.41) is 12.0. The molecular formula is C21H28N4O. The molecule has 4 heterocycles. The van der Waals surface area contributed by atoms with Crippen molar-refractivity contribution < 1.29 is 5.11 Å². The van der Waals surface area contributed by atoms with Crippen molar-refractivity contribution in [3.8, 4) is 0 Å². The van der Waals surface area contributed by atoms with Crippen molar-refractivity contribution in [3.63, 3.8) is 0 Å². The van der Waals surface area contributed by atoms with E-state index in [1.807, 2.05) is 25.3 Å². The highest BCUT2D eigenvalue weighted by atomic mass is 16.3. The van der Waals surface area contributed by atoms with Crippen molar-refractivity contribution in [3.05, 3.63) is 58.7 Å². The number of likely N-dealkylation sites (N-methyl/N-ethyl adjacent to an activating group) is 1. The van der Waals surface area contributed by atoms with Gasteiger partial charge in [-0.25, -0.2) is 4.98 Å². The predicted molar refractivity (Wildman–Crippen MR) is 105 cm³/mol. The van der Waals surface area contributed by atoms with Gasteiger partial charge in [0.1, 0.15) is 5.65 Å². The van der Waals surface area contributed by atoms with E-state index in [4.69, 9.17) is 0 Å². The van der Waals surface area contributed by atoms with Crippen molar-refractivity contribution in [1.29, 1.82) is 0 Å². The molecule has 0 fully saturated rings. The van der Waals surface area contributed by atoms with Gasteiger partial charge in [-0.3, -0.25) is 4.98 Å². The molecule has 0 radical (unpaired) electrons. The number of aliphatic hydroxyl groups is 1. The lowest BCUT2D eigenvalue weighted by Gasteiger charge is -2.24. The van der Waals surface area contributed by atoms with E-state index in [1.165, 1.54) is 22.2 Å². The molecule has 0 saturated heterocycles. The molecule has 0 aliphatic carbocycles. The van der Waals surface area contributed by atoms with Crippen LogP contribution in [-0.2, 0) is 19.5 Å². The first kappa shape index (κ1) is 18.5. The summed E-state index contributed by atoms with van der Waals surface area (Å²) in [5.74, 6) is 0. The van der Waals surface area contributed by atoms with E-state index in [0.29, 0.717) is 6.54 Å². The second-order valence-corrected chi connectivity index (χ2v) is 7.16. The number of hydrogen-bond acceptors (Lipinski definition) is 4. The zero-order chi connectivity index (χ0) is 17.6. The molecule has 0 bridgehead atoms. The largest absolute Gasteiger partial charge is 0.386 e. The SMILES string of the molecule is C.Cc1cnc2c(c1)c1c(n2CC(O)c2ccc(C)nc2)CCN(C)C1. The van der Waals surface area contributed by atoms with Gasteiger partial charge in [0.05, 0.1) is 12.6 Å². The Labute approximate surface area is 155 Å². The van der Waals surface area contributed by atoms with Gasteiger partial charge in [0.25, 0.3) is 0 Å². The predicted octanol–water partition coefficient (Wildman–Crippen LogP) is 3.41. The molecular weight excluding hydrogens is 324 g/mol. The Kier molecular flexibility index (Phi) is 5.12. The maximum Gasteiger partial charge on any atom is 0.140 e. The molecule has 1 aliphatic rings. The van der Waals surface area contributed by atoms with Crippen LogP contribution >= 0.6 is 0 Å². The maximum absolute atomic E-state index is 10.8. The molecule has 5 nitrogen and oxygen atoms in total. The van der Waals surface area contributed by atoms with Gasteiger partial charge in [0, 0.05) is 54.2 Å². The maximum atomic E-state index is 10.8. The number of nitrogens with zero attached hydrogens (tertiary/aromatic N) is 4. The van der Waals surface area contributed by atoms with E-state index in [-0.39, 0.29) is 7.43 Å². The fraction of sp³-hybridized carbons (Fsp3) is 0.429. The van der Waals surface area contributed by atoms with Gasteiger partial charge in [-0.05, 0) is 44.2 Å². The van der Waals surface area contributed by atoms with Crippen LogP contribution in [0.3, 0.4) is 0 Å². The van der Waals surface area contributed by atoms with Crippen LogP contribution in [0.15, 0.2) is 30.6 Å². The molecule has 0 aromatic carbocycles. The van der Waals surface area contributed by atoms with Crippen molar-refractivity contribution in [2.75, 3.05) is 13.6 Å². The van der Waals surface area contributed by atoms with Crippen LogP contribution in [0.25, 0.3) is 11.0 Å². The summed E-state index contributed by atoms with van der Waals surface area (Å²) in [4.78, 5) is 11.3. The first-order valence-electron chi connectivity index (χ1n) is 8.78. The summed E-state index contributed by atoms with van der Waals surface area (Å²) < 4.78 is 2.21. The highest BCUT2D eigenvalue weighted by Crippen LogP contribution is 2.31.